The van der Waals surface area contributed by atoms with Gasteiger partial charge in [-0.2, -0.15) is 0 Å². The molecular formula is C12H20N2. The Balaban J connectivity index is 2.90. The summed E-state index contributed by atoms with van der Waals surface area (Å²) < 4.78 is 0. The fraction of sp³-hybridized carbons (Fsp3) is 0.583. The Morgan fingerprint density at radius 1 is 1.36 bits per heavy atom. The summed E-state index contributed by atoms with van der Waals surface area (Å²) in [5.41, 5.74) is 2.58. The molecule has 78 valence electrons. The van der Waals surface area contributed by atoms with Gasteiger partial charge in [-0.25, -0.2) is 0 Å². The zero-order chi connectivity index (χ0) is 10.4. The van der Waals surface area contributed by atoms with Crippen molar-refractivity contribution in [2.45, 2.75) is 39.7 Å². The number of aryl methyl sites for hydroxylation is 1. The van der Waals surface area contributed by atoms with Gasteiger partial charge < -0.3 is 5.32 Å². The molecule has 0 saturated carbocycles. The van der Waals surface area contributed by atoms with Crippen LogP contribution in [0, 0.1) is 0 Å². The van der Waals surface area contributed by atoms with E-state index >= 15 is 0 Å². The fourth-order valence-electron chi connectivity index (χ4n) is 1.74. The molecule has 0 aliphatic carbocycles. The predicted molar refractivity (Wildman–Crippen MR) is 60.3 cm³/mol. The largest absolute Gasteiger partial charge is 0.309 e. The summed E-state index contributed by atoms with van der Waals surface area (Å²) in [7, 11) is 0. The number of hydrogen-bond acceptors (Lipinski definition) is 2. The van der Waals surface area contributed by atoms with E-state index in [9.17, 15) is 0 Å². The first-order chi connectivity index (χ1) is 6.83. The van der Waals surface area contributed by atoms with Gasteiger partial charge in [0.15, 0.2) is 0 Å². The van der Waals surface area contributed by atoms with Crippen LogP contribution in [0.1, 0.15) is 44.5 Å². The van der Waals surface area contributed by atoms with Crippen molar-refractivity contribution in [3.63, 3.8) is 0 Å². The van der Waals surface area contributed by atoms with Crippen LogP contribution in [0.3, 0.4) is 0 Å². The van der Waals surface area contributed by atoms with E-state index in [2.05, 4.69) is 37.1 Å². The first kappa shape index (κ1) is 11.2. The van der Waals surface area contributed by atoms with Crippen molar-refractivity contribution in [1.82, 2.24) is 10.3 Å². The van der Waals surface area contributed by atoms with Crippen LogP contribution in [0.2, 0.25) is 0 Å². The van der Waals surface area contributed by atoms with Gasteiger partial charge in [-0.05, 0) is 31.0 Å². The zero-order valence-electron chi connectivity index (χ0n) is 9.38. The van der Waals surface area contributed by atoms with Gasteiger partial charge in [-0.15, -0.1) is 0 Å². The minimum Gasteiger partial charge on any atom is -0.309 e. The SMILES string of the molecule is CCNC(CC)c1ncccc1CC. The molecule has 1 N–H and O–H groups in total. The van der Waals surface area contributed by atoms with Crippen molar-refractivity contribution in [2.24, 2.45) is 0 Å². The average molecular weight is 192 g/mol. The van der Waals surface area contributed by atoms with Crippen LogP contribution >= 0.6 is 0 Å². The molecule has 0 saturated heterocycles. The molecule has 0 bridgehead atoms. The van der Waals surface area contributed by atoms with Crippen molar-refractivity contribution in [2.75, 3.05) is 6.54 Å². The monoisotopic (exact) mass is 192 g/mol. The van der Waals surface area contributed by atoms with Gasteiger partial charge in [0.25, 0.3) is 0 Å². The summed E-state index contributed by atoms with van der Waals surface area (Å²) >= 11 is 0. The lowest BCUT2D eigenvalue weighted by Gasteiger charge is -2.17. The van der Waals surface area contributed by atoms with Crippen LogP contribution in [0.5, 0.6) is 0 Å². The van der Waals surface area contributed by atoms with Crippen molar-refractivity contribution >= 4 is 0 Å². The Morgan fingerprint density at radius 3 is 2.71 bits per heavy atom. The molecule has 1 heterocycles. The van der Waals surface area contributed by atoms with E-state index in [4.69, 9.17) is 0 Å². The van der Waals surface area contributed by atoms with Crippen LogP contribution < -0.4 is 5.32 Å². The van der Waals surface area contributed by atoms with Crippen LogP contribution in [0.15, 0.2) is 18.3 Å². The first-order valence-electron chi connectivity index (χ1n) is 5.50. The van der Waals surface area contributed by atoms with Crippen molar-refractivity contribution in [3.8, 4) is 0 Å². The standard InChI is InChI=1S/C12H20N2/c1-4-10-8-7-9-14-12(10)11(5-2)13-6-3/h7-9,11,13H,4-6H2,1-3H3. The molecule has 1 aromatic rings. The highest BCUT2D eigenvalue weighted by atomic mass is 14.9. The van der Waals surface area contributed by atoms with Crippen molar-refractivity contribution in [1.29, 1.82) is 0 Å². The molecule has 0 aliphatic rings. The number of nitrogens with one attached hydrogen (secondary N) is 1. The number of rotatable bonds is 5. The topological polar surface area (TPSA) is 24.9 Å². The highest BCUT2D eigenvalue weighted by Crippen LogP contribution is 2.18. The summed E-state index contributed by atoms with van der Waals surface area (Å²) in [6.07, 6.45) is 4.04. The Labute approximate surface area is 86.8 Å². The molecule has 0 aromatic carbocycles. The van der Waals surface area contributed by atoms with E-state index in [0.717, 1.165) is 19.4 Å². The lowest BCUT2D eigenvalue weighted by atomic mass is 10.0. The van der Waals surface area contributed by atoms with E-state index < -0.39 is 0 Å². The van der Waals surface area contributed by atoms with Gasteiger partial charge in [0, 0.05) is 12.2 Å². The van der Waals surface area contributed by atoms with Crippen molar-refractivity contribution < 1.29 is 0 Å². The van der Waals surface area contributed by atoms with E-state index in [-0.39, 0.29) is 0 Å². The van der Waals surface area contributed by atoms with E-state index in [0.29, 0.717) is 6.04 Å². The molecule has 0 amide bonds. The predicted octanol–water partition coefficient (Wildman–Crippen LogP) is 2.70. The zero-order valence-corrected chi connectivity index (χ0v) is 9.38. The molecule has 1 atom stereocenters. The molecule has 1 rings (SSSR count). The third kappa shape index (κ3) is 2.55. The second-order valence-corrected chi connectivity index (χ2v) is 3.42. The molecule has 0 radical (unpaired) electrons. The second kappa shape index (κ2) is 5.76. The van der Waals surface area contributed by atoms with Gasteiger partial charge in [0.1, 0.15) is 0 Å². The maximum Gasteiger partial charge on any atom is 0.0604 e. The summed E-state index contributed by atoms with van der Waals surface area (Å²) in [6, 6.07) is 4.60. The van der Waals surface area contributed by atoms with Crippen LogP contribution in [-0.4, -0.2) is 11.5 Å². The average Bonchev–Trinajstić information content (AvgIpc) is 2.26. The Morgan fingerprint density at radius 2 is 2.14 bits per heavy atom. The van der Waals surface area contributed by atoms with Crippen LogP contribution in [0.25, 0.3) is 0 Å². The molecule has 0 aliphatic heterocycles. The number of aromatic nitrogens is 1. The van der Waals surface area contributed by atoms with Gasteiger partial charge in [-0.1, -0.05) is 26.8 Å². The fourth-order valence-corrected chi connectivity index (χ4v) is 1.74. The quantitative estimate of drug-likeness (QED) is 0.776. The summed E-state index contributed by atoms with van der Waals surface area (Å²) in [6.45, 7) is 7.51. The maximum atomic E-state index is 4.48. The molecular weight excluding hydrogens is 172 g/mol. The second-order valence-electron chi connectivity index (χ2n) is 3.42. The maximum absolute atomic E-state index is 4.48. The third-order valence-corrected chi connectivity index (χ3v) is 2.50. The third-order valence-electron chi connectivity index (χ3n) is 2.50. The van der Waals surface area contributed by atoms with Gasteiger partial charge in [0.05, 0.1) is 5.69 Å². The van der Waals surface area contributed by atoms with E-state index in [1.807, 2.05) is 12.3 Å². The molecule has 2 nitrogen and oxygen atoms in total. The van der Waals surface area contributed by atoms with Crippen LogP contribution in [-0.2, 0) is 6.42 Å². The molecule has 0 spiro atoms. The number of pyridine rings is 1. The normalized spacial score (nSPS) is 12.8. The number of nitrogens with zero attached hydrogens (tertiary/aromatic N) is 1. The smallest absolute Gasteiger partial charge is 0.0604 e. The molecule has 2 heteroatoms. The van der Waals surface area contributed by atoms with E-state index in [1.165, 1.54) is 11.3 Å². The summed E-state index contributed by atoms with van der Waals surface area (Å²) in [5, 5.41) is 3.46. The lowest BCUT2D eigenvalue weighted by Crippen LogP contribution is -2.22. The van der Waals surface area contributed by atoms with E-state index in [1.54, 1.807) is 0 Å². The Bertz CT molecular complexity index is 271. The highest BCUT2D eigenvalue weighted by molar-refractivity contribution is 5.22. The first-order valence-corrected chi connectivity index (χ1v) is 5.50. The molecule has 14 heavy (non-hydrogen) atoms. The minimum atomic E-state index is 0.413. The van der Waals surface area contributed by atoms with Crippen LogP contribution in [0.4, 0.5) is 0 Å². The van der Waals surface area contributed by atoms with Gasteiger partial charge in [-0.3, -0.25) is 4.98 Å². The highest BCUT2D eigenvalue weighted by Gasteiger charge is 2.11. The summed E-state index contributed by atoms with van der Waals surface area (Å²) in [5.74, 6) is 0. The summed E-state index contributed by atoms with van der Waals surface area (Å²) in [4.78, 5) is 4.48. The molecule has 1 aromatic heterocycles. The Hall–Kier alpha value is -0.890. The lowest BCUT2D eigenvalue weighted by molar-refractivity contribution is 0.520. The number of hydrogen-bond donors (Lipinski definition) is 1. The van der Waals surface area contributed by atoms with Gasteiger partial charge in [0.2, 0.25) is 0 Å². The Kier molecular flexibility index (Phi) is 4.60. The molecule has 0 fully saturated rings. The van der Waals surface area contributed by atoms with Crippen molar-refractivity contribution in [3.05, 3.63) is 29.6 Å². The van der Waals surface area contributed by atoms with Gasteiger partial charge >= 0.3 is 0 Å². The molecule has 1 unspecified atom stereocenters. The minimum absolute atomic E-state index is 0.413.